The van der Waals surface area contributed by atoms with Gasteiger partial charge in [0.25, 0.3) is 0 Å². The van der Waals surface area contributed by atoms with E-state index in [2.05, 4.69) is 54.4 Å². The molecule has 28 heavy (non-hydrogen) atoms. The van der Waals surface area contributed by atoms with Crippen LogP contribution in [0.1, 0.15) is 23.9 Å². The molecule has 1 aromatic carbocycles. The zero-order valence-electron chi connectivity index (χ0n) is 15.3. The Balaban J connectivity index is 1.36. The highest BCUT2D eigenvalue weighted by atomic mass is 79.9. The van der Waals surface area contributed by atoms with E-state index >= 15 is 0 Å². The highest BCUT2D eigenvalue weighted by molar-refractivity contribution is 9.10. The van der Waals surface area contributed by atoms with Crippen molar-refractivity contribution in [3.05, 3.63) is 58.3 Å². The van der Waals surface area contributed by atoms with Crippen molar-refractivity contribution >= 4 is 27.8 Å². The molecule has 1 aliphatic carbocycles. The lowest BCUT2D eigenvalue weighted by Gasteiger charge is -2.11. The van der Waals surface area contributed by atoms with E-state index in [4.69, 9.17) is 9.15 Å². The van der Waals surface area contributed by atoms with Crippen molar-refractivity contribution in [2.24, 2.45) is 0 Å². The summed E-state index contributed by atoms with van der Waals surface area (Å²) in [4.78, 5) is 23.8. The highest BCUT2D eigenvalue weighted by Gasteiger charge is 2.22. The van der Waals surface area contributed by atoms with Crippen molar-refractivity contribution in [1.82, 2.24) is 15.0 Å². The summed E-state index contributed by atoms with van der Waals surface area (Å²) in [5.41, 5.74) is 3.46. The second-order valence-electron chi connectivity index (χ2n) is 6.67. The summed E-state index contributed by atoms with van der Waals surface area (Å²) in [6.45, 7) is 1.62. The van der Waals surface area contributed by atoms with Crippen molar-refractivity contribution in [1.29, 1.82) is 0 Å². The second kappa shape index (κ2) is 8.10. The number of benzene rings is 1. The van der Waals surface area contributed by atoms with Gasteiger partial charge in [-0.1, -0.05) is 22.0 Å². The topological polar surface area (TPSA) is 90.1 Å². The van der Waals surface area contributed by atoms with Crippen LogP contribution in [-0.2, 0) is 28.8 Å². The van der Waals surface area contributed by atoms with Crippen LogP contribution in [0.2, 0.25) is 0 Å². The number of nitrogens with one attached hydrogen (secondary N) is 1. The molecule has 0 saturated carbocycles. The summed E-state index contributed by atoms with van der Waals surface area (Å²) in [6.07, 6.45) is 7.39. The van der Waals surface area contributed by atoms with Crippen LogP contribution >= 0.6 is 15.9 Å². The normalized spacial score (nSPS) is 15.3. The predicted molar refractivity (Wildman–Crippen MR) is 107 cm³/mol. The first kappa shape index (κ1) is 18.6. The minimum atomic E-state index is -0.318. The van der Waals surface area contributed by atoms with E-state index in [0.717, 1.165) is 22.9 Å². The molecule has 7 nitrogen and oxygen atoms in total. The smallest absolute Gasteiger partial charge is 0.302 e. The van der Waals surface area contributed by atoms with E-state index in [1.165, 1.54) is 18.1 Å². The lowest BCUT2D eigenvalue weighted by Crippen LogP contribution is -2.20. The maximum atomic E-state index is 10.8. The Hall–Kier alpha value is -2.74. The number of carbonyl (C=O) groups is 1. The van der Waals surface area contributed by atoms with Crippen LogP contribution in [0, 0.1) is 0 Å². The second-order valence-corrected chi connectivity index (χ2v) is 7.58. The molecule has 1 unspecified atom stereocenters. The van der Waals surface area contributed by atoms with E-state index in [0.29, 0.717) is 24.0 Å². The number of nitrogens with zero attached hydrogens (tertiary/aromatic N) is 3. The molecule has 1 aliphatic rings. The first-order chi connectivity index (χ1) is 13.6. The van der Waals surface area contributed by atoms with E-state index in [-0.39, 0.29) is 18.6 Å². The third kappa shape index (κ3) is 4.39. The van der Waals surface area contributed by atoms with E-state index in [9.17, 15) is 4.79 Å². The molecule has 0 fully saturated rings. The molecule has 0 amide bonds. The lowest BCUT2D eigenvalue weighted by molar-refractivity contribution is -0.140. The first-order valence-corrected chi connectivity index (χ1v) is 9.80. The standard InChI is InChI=1S/C20H19BrN4O3/c1-12(26)27-5-4-19-22-11-18(28-19)15-9-23-20(24-10-15)25-17-7-13-2-3-16(21)6-14(13)8-17/h2-3,6,9-11,17H,4-5,7-8H2,1H3,(H,23,24,25). The van der Waals surface area contributed by atoms with Crippen molar-refractivity contribution < 1.29 is 13.9 Å². The number of anilines is 1. The zero-order valence-corrected chi connectivity index (χ0v) is 16.9. The number of esters is 1. The van der Waals surface area contributed by atoms with Crippen LogP contribution in [-0.4, -0.2) is 33.6 Å². The summed E-state index contributed by atoms with van der Waals surface area (Å²) in [5.74, 6) is 1.37. The van der Waals surface area contributed by atoms with Crippen LogP contribution in [0.15, 0.2) is 45.7 Å². The molecule has 8 heteroatoms. The SMILES string of the molecule is CC(=O)OCCc1ncc(-c2cnc(NC3Cc4ccc(Br)cc4C3)nc2)o1. The van der Waals surface area contributed by atoms with E-state index in [1.54, 1.807) is 18.6 Å². The van der Waals surface area contributed by atoms with Crippen molar-refractivity contribution in [2.75, 3.05) is 11.9 Å². The molecule has 0 spiro atoms. The average Bonchev–Trinajstić information content (AvgIpc) is 3.28. The molecule has 2 heterocycles. The van der Waals surface area contributed by atoms with Crippen LogP contribution in [0.25, 0.3) is 11.3 Å². The van der Waals surface area contributed by atoms with E-state index in [1.807, 2.05) is 0 Å². The molecule has 0 saturated heterocycles. The number of ether oxygens (including phenoxy) is 1. The molecule has 0 radical (unpaired) electrons. The van der Waals surface area contributed by atoms with Gasteiger partial charge in [0.2, 0.25) is 5.95 Å². The zero-order chi connectivity index (χ0) is 19.5. The van der Waals surface area contributed by atoms with Crippen LogP contribution < -0.4 is 5.32 Å². The molecule has 4 rings (SSSR count). The Morgan fingerprint density at radius 1 is 1.21 bits per heavy atom. The summed E-state index contributed by atoms with van der Waals surface area (Å²) >= 11 is 3.52. The molecule has 0 bridgehead atoms. The summed E-state index contributed by atoms with van der Waals surface area (Å²) in [7, 11) is 0. The van der Waals surface area contributed by atoms with Gasteiger partial charge in [0, 0.05) is 29.8 Å². The maximum Gasteiger partial charge on any atom is 0.302 e. The molecule has 0 aliphatic heterocycles. The molecular formula is C20H19BrN4O3. The monoisotopic (exact) mass is 442 g/mol. The number of oxazole rings is 1. The third-order valence-corrected chi connectivity index (χ3v) is 5.04. The third-order valence-electron chi connectivity index (χ3n) is 4.55. The number of carbonyl (C=O) groups excluding carboxylic acids is 1. The molecule has 3 aromatic rings. The van der Waals surface area contributed by atoms with Crippen LogP contribution in [0.4, 0.5) is 5.95 Å². The Bertz CT molecular complexity index is 987. The van der Waals surface area contributed by atoms with Crippen molar-refractivity contribution in [3.63, 3.8) is 0 Å². The summed E-state index contributed by atoms with van der Waals surface area (Å²) in [6, 6.07) is 6.69. The largest absolute Gasteiger partial charge is 0.465 e. The van der Waals surface area contributed by atoms with Gasteiger partial charge in [0.05, 0.1) is 24.8 Å². The Morgan fingerprint density at radius 3 is 2.79 bits per heavy atom. The quantitative estimate of drug-likeness (QED) is 0.583. The van der Waals surface area contributed by atoms with Crippen LogP contribution in [0.3, 0.4) is 0 Å². The predicted octanol–water partition coefficient (Wildman–Crippen LogP) is 3.58. The van der Waals surface area contributed by atoms with Gasteiger partial charge in [-0.2, -0.15) is 0 Å². The highest BCUT2D eigenvalue weighted by Crippen LogP contribution is 2.27. The van der Waals surface area contributed by atoms with Crippen molar-refractivity contribution in [3.8, 4) is 11.3 Å². The van der Waals surface area contributed by atoms with Gasteiger partial charge in [0.15, 0.2) is 11.7 Å². The fourth-order valence-electron chi connectivity index (χ4n) is 3.24. The fraction of sp³-hybridized carbons (Fsp3) is 0.300. The Labute approximate surface area is 170 Å². The Morgan fingerprint density at radius 2 is 2.00 bits per heavy atom. The summed E-state index contributed by atoms with van der Waals surface area (Å²) in [5, 5.41) is 3.40. The number of halogens is 1. The minimum Gasteiger partial charge on any atom is -0.465 e. The number of hydrogen-bond acceptors (Lipinski definition) is 7. The molecule has 1 N–H and O–H groups in total. The summed E-state index contributed by atoms with van der Waals surface area (Å²) < 4.78 is 11.7. The molecule has 144 valence electrons. The minimum absolute atomic E-state index is 0.245. The molecule has 2 aromatic heterocycles. The van der Waals surface area contributed by atoms with Crippen LogP contribution in [0.5, 0.6) is 0 Å². The Kier molecular flexibility index (Phi) is 5.38. The molecular weight excluding hydrogens is 424 g/mol. The van der Waals surface area contributed by atoms with E-state index < -0.39 is 0 Å². The van der Waals surface area contributed by atoms with Gasteiger partial charge in [-0.15, -0.1) is 0 Å². The maximum absolute atomic E-state index is 10.8. The van der Waals surface area contributed by atoms with Gasteiger partial charge < -0.3 is 14.5 Å². The first-order valence-electron chi connectivity index (χ1n) is 9.01. The van der Waals surface area contributed by atoms with Crippen molar-refractivity contribution in [2.45, 2.75) is 32.2 Å². The average molecular weight is 443 g/mol. The van der Waals surface area contributed by atoms with Gasteiger partial charge >= 0.3 is 5.97 Å². The van der Waals surface area contributed by atoms with Gasteiger partial charge in [-0.25, -0.2) is 15.0 Å². The molecule has 1 atom stereocenters. The number of hydrogen-bond donors (Lipinski definition) is 1. The van der Waals surface area contributed by atoms with Gasteiger partial charge in [-0.05, 0) is 36.1 Å². The number of aromatic nitrogens is 3. The number of fused-ring (bicyclic) bond motifs is 1. The number of rotatable bonds is 6. The van der Waals surface area contributed by atoms with Gasteiger partial charge in [-0.3, -0.25) is 4.79 Å². The van der Waals surface area contributed by atoms with Gasteiger partial charge in [0.1, 0.15) is 0 Å². The fourth-order valence-corrected chi connectivity index (χ4v) is 3.65. The lowest BCUT2D eigenvalue weighted by atomic mass is 10.1.